The van der Waals surface area contributed by atoms with Gasteiger partial charge in [0.15, 0.2) is 23.2 Å². The Morgan fingerprint density at radius 2 is 1.90 bits per heavy atom. The molecule has 2 amide bonds. The fourth-order valence-corrected chi connectivity index (χ4v) is 4.75. The molecule has 0 spiro atoms. The molecule has 1 aliphatic carbocycles. The van der Waals surface area contributed by atoms with Gasteiger partial charge in [0.05, 0.1) is 22.9 Å². The van der Waals surface area contributed by atoms with Crippen LogP contribution in [0.3, 0.4) is 0 Å². The van der Waals surface area contributed by atoms with E-state index < -0.39 is 47.6 Å². The molecule has 0 radical (unpaired) electrons. The first-order chi connectivity index (χ1) is 18.5. The lowest BCUT2D eigenvalue weighted by Gasteiger charge is -2.15. The Kier molecular flexibility index (Phi) is 8.12. The van der Waals surface area contributed by atoms with E-state index in [-0.39, 0.29) is 11.2 Å². The second-order valence-electron chi connectivity index (χ2n) is 8.39. The van der Waals surface area contributed by atoms with E-state index >= 15 is 0 Å². The number of hydrogen-bond acceptors (Lipinski definition) is 9. The summed E-state index contributed by atoms with van der Waals surface area (Å²) in [6.45, 7) is -0.693. The number of benzene rings is 2. The van der Waals surface area contributed by atoms with Gasteiger partial charge in [0.1, 0.15) is 0 Å². The van der Waals surface area contributed by atoms with E-state index in [1.165, 1.54) is 41.7 Å². The van der Waals surface area contributed by atoms with Crippen molar-refractivity contribution in [1.29, 1.82) is 5.26 Å². The average Bonchev–Trinajstić information content (AvgIpc) is 3.29. The first-order valence-corrected chi connectivity index (χ1v) is 12.3. The second-order valence-corrected chi connectivity index (χ2v) is 9.48. The number of anilines is 2. The number of para-hydroxylation sites is 1. The Balaban J connectivity index is 1.53. The number of ether oxygens (including phenoxy) is 2. The lowest BCUT2D eigenvalue weighted by atomic mass is 9.99. The molecular formula is C25H20F3N5O5S. The van der Waals surface area contributed by atoms with E-state index in [0.29, 0.717) is 24.1 Å². The summed E-state index contributed by atoms with van der Waals surface area (Å²) < 4.78 is 48.9. The van der Waals surface area contributed by atoms with Crippen molar-refractivity contribution in [2.75, 3.05) is 17.2 Å². The number of carbonyl (C=O) groups excluding carboxylic acids is 3. The molecule has 1 aliphatic rings. The maximum absolute atomic E-state index is 13.0. The number of fused-ring (bicyclic) bond motifs is 1. The van der Waals surface area contributed by atoms with Gasteiger partial charge in [0.25, 0.3) is 11.8 Å². The number of nitrogens with two attached hydrogens (primary N) is 1. The van der Waals surface area contributed by atoms with E-state index in [1.54, 1.807) is 0 Å². The molecule has 1 atom stereocenters. The molecule has 2 aromatic carbocycles. The van der Waals surface area contributed by atoms with Crippen LogP contribution in [-0.2, 0) is 22.4 Å². The van der Waals surface area contributed by atoms with E-state index in [0.717, 1.165) is 29.1 Å². The van der Waals surface area contributed by atoms with Crippen LogP contribution in [0, 0.1) is 11.3 Å². The first-order valence-electron chi connectivity index (χ1n) is 11.4. The minimum absolute atomic E-state index is 0.0298. The third-order valence-electron chi connectivity index (χ3n) is 5.50. The molecule has 0 aliphatic heterocycles. The van der Waals surface area contributed by atoms with Gasteiger partial charge in [-0.05, 0) is 55.7 Å². The Bertz CT molecular complexity index is 1450. The lowest BCUT2D eigenvalue weighted by Crippen LogP contribution is -2.29. The molecular weight excluding hydrogens is 539 g/mol. The maximum Gasteiger partial charge on any atom is 0.491 e. The predicted octanol–water partition coefficient (Wildman–Crippen LogP) is 3.57. The van der Waals surface area contributed by atoms with Crippen LogP contribution in [0.4, 0.5) is 24.0 Å². The number of aromatic nitrogens is 1. The molecule has 0 bridgehead atoms. The normalized spacial score (nSPS) is 14.5. The van der Waals surface area contributed by atoms with Crippen molar-refractivity contribution in [3.63, 3.8) is 0 Å². The number of thiazole rings is 1. The summed E-state index contributed by atoms with van der Waals surface area (Å²) in [4.78, 5) is 42.3. The van der Waals surface area contributed by atoms with E-state index in [4.69, 9.17) is 15.7 Å². The number of esters is 1. The molecule has 10 nitrogen and oxygen atoms in total. The molecule has 39 heavy (non-hydrogen) atoms. The fraction of sp³-hybridized carbons (Fsp3) is 0.240. The van der Waals surface area contributed by atoms with Crippen LogP contribution in [-0.4, -0.2) is 41.6 Å². The molecule has 0 fully saturated rings. The Morgan fingerprint density at radius 1 is 1.15 bits per heavy atom. The van der Waals surface area contributed by atoms with Gasteiger partial charge in [-0.3, -0.25) is 14.9 Å². The van der Waals surface area contributed by atoms with Gasteiger partial charge in [-0.15, -0.1) is 11.3 Å². The van der Waals surface area contributed by atoms with Crippen LogP contribution in [0.2, 0.25) is 0 Å². The van der Waals surface area contributed by atoms with Crippen LogP contribution < -0.4 is 25.8 Å². The summed E-state index contributed by atoms with van der Waals surface area (Å²) in [7, 11) is 0. The van der Waals surface area contributed by atoms with Gasteiger partial charge in [-0.1, -0.05) is 6.07 Å². The highest BCUT2D eigenvalue weighted by atomic mass is 32.1. The van der Waals surface area contributed by atoms with E-state index in [2.05, 4.69) is 20.4 Å². The molecule has 3 aromatic rings. The number of hydrogen-bond donors (Lipinski definition) is 3. The summed E-state index contributed by atoms with van der Waals surface area (Å²) in [6.07, 6.45) is -3.41. The average molecular weight is 560 g/mol. The van der Waals surface area contributed by atoms with E-state index in [1.807, 2.05) is 6.07 Å². The second kappa shape index (κ2) is 11.5. The van der Waals surface area contributed by atoms with Crippen molar-refractivity contribution in [1.82, 2.24) is 4.98 Å². The Hall–Kier alpha value is -4.48. The summed E-state index contributed by atoms with van der Waals surface area (Å²) in [5, 5.41) is 14.1. The molecule has 1 heterocycles. The SMILES string of the molecule is N#Cc1ccc(NC(=O)COc2cccc(C(=O)Nc3nc4c(s3)C[C@@H](N)CC4)c2OC(=O)C(F)(F)F)cc1. The summed E-state index contributed by atoms with van der Waals surface area (Å²) in [5.74, 6) is -5.43. The monoisotopic (exact) mass is 559 g/mol. The molecule has 0 saturated heterocycles. The fourth-order valence-electron chi connectivity index (χ4n) is 3.65. The highest BCUT2D eigenvalue weighted by molar-refractivity contribution is 7.15. The number of rotatable bonds is 7. The van der Waals surface area contributed by atoms with Crippen LogP contribution in [0.25, 0.3) is 0 Å². The Morgan fingerprint density at radius 3 is 2.59 bits per heavy atom. The Labute approximate surface area is 223 Å². The third-order valence-corrected chi connectivity index (χ3v) is 6.54. The predicted molar refractivity (Wildman–Crippen MR) is 133 cm³/mol. The van der Waals surface area contributed by atoms with Crippen LogP contribution >= 0.6 is 11.3 Å². The number of nitrogens with zero attached hydrogens (tertiary/aromatic N) is 2. The number of nitriles is 1. The molecule has 4 rings (SSSR count). The third kappa shape index (κ3) is 6.89. The van der Waals surface area contributed by atoms with Gasteiger partial charge < -0.3 is 20.5 Å². The van der Waals surface area contributed by atoms with Gasteiger partial charge in [0, 0.05) is 16.6 Å². The molecule has 4 N–H and O–H groups in total. The highest BCUT2D eigenvalue weighted by Crippen LogP contribution is 2.35. The molecule has 202 valence electrons. The molecule has 0 saturated carbocycles. The number of halogens is 3. The zero-order chi connectivity index (χ0) is 28.2. The van der Waals surface area contributed by atoms with Gasteiger partial charge in [0.2, 0.25) is 0 Å². The zero-order valence-corrected chi connectivity index (χ0v) is 20.8. The number of carbonyl (C=O) groups is 3. The van der Waals surface area contributed by atoms with Crippen molar-refractivity contribution >= 4 is 39.9 Å². The van der Waals surface area contributed by atoms with Gasteiger partial charge >= 0.3 is 12.1 Å². The molecule has 1 aromatic heterocycles. The van der Waals surface area contributed by atoms with Crippen molar-refractivity contribution in [3.05, 3.63) is 64.2 Å². The smallest absolute Gasteiger partial charge is 0.480 e. The zero-order valence-electron chi connectivity index (χ0n) is 20.0. The van der Waals surface area contributed by atoms with Gasteiger partial charge in [-0.25, -0.2) is 9.78 Å². The first kappa shape index (κ1) is 27.6. The summed E-state index contributed by atoms with van der Waals surface area (Å²) in [5.41, 5.74) is 7.02. The van der Waals surface area contributed by atoms with Crippen molar-refractivity contribution in [3.8, 4) is 17.6 Å². The summed E-state index contributed by atoms with van der Waals surface area (Å²) >= 11 is 1.19. The quantitative estimate of drug-likeness (QED) is 0.293. The number of aryl methyl sites for hydroxylation is 1. The van der Waals surface area contributed by atoms with Crippen LogP contribution in [0.15, 0.2) is 42.5 Å². The standard InChI is InChI=1S/C25H20F3N5O5S/c26-25(27,28)23(36)38-21-16(22(35)33-24-32-17-9-6-14(30)10-19(17)39-24)2-1-3-18(21)37-12-20(34)31-15-7-4-13(11-29)5-8-15/h1-5,7-8,14H,6,9-10,12,30H2,(H,31,34)(H,32,33,35)/t14-/m0/s1. The highest BCUT2D eigenvalue weighted by Gasteiger charge is 2.42. The minimum Gasteiger partial charge on any atom is -0.480 e. The van der Waals surface area contributed by atoms with Gasteiger partial charge in [-0.2, -0.15) is 18.4 Å². The number of nitrogens with one attached hydrogen (secondary N) is 2. The maximum atomic E-state index is 13.0. The largest absolute Gasteiger partial charge is 0.491 e. The lowest BCUT2D eigenvalue weighted by molar-refractivity contribution is -0.189. The molecule has 14 heteroatoms. The topological polar surface area (TPSA) is 156 Å². The van der Waals surface area contributed by atoms with E-state index in [9.17, 15) is 27.6 Å². The number of amides is 2. The van der Waals surface area contributed by atoms with Crippen LogP contribution in [0.5, 0.6) is 11.5 Å². The molecule has 0 unspecified atom stereocenters. The summed E-state index contributed by atoms with van der Waals surface area (Å²) in [6, 6.07) is 11.4. The minimum atomic E-state index is -5.36. The van der Waals surface area contributed by atoms with Crippen LogP contribution in [0.1, 0.15) is 32.9 Å². The van der Waals surface area contributed by atoms with Crippen molar-refractivity contribution < 1.29 is 37.0 Å². The van der Waals surface area contributed by atoms with Crippen molar-refractivity contribution in [2.24, 2.45) is 5.73 Å². The number of alkyl halides is 3. The van der Waals surface area contributed by atoms with Crippen molar-refractivity contribution in [2.45, 2.75) is 31.5 Å².